The van der Waals surface area contributed by atoms with Crippen molar-refractivity contribution < 1.29 is 22.3 Å². The molecule has 0 spiro atoms. The van der Waals surface area contributed by atoms with Gasteiger partial charge in [-0.05, 0) is 55.2 Å². The Morgan fingerprint density at radius 2 is 1.75 bits per heavy atom. The second kappa shape index (κ2) is 11.3. The minimum Gasteiger partial charge on any atom is -0.495 e. The molecule has 32 heavy (non-hydrogen) atoms. The smallest absolute Gasteiger partial charge is 0.243 e. The van der Waals surface area contributed by atoms with Crippen molar-refractivity contribution in [1.29, 1.82) is 0 Å². The van der Waals surface area contributed by atoms with Crippen LogP contribution in [-0.4, -0.2) is 51.9 Å². The molecule has 0 saturated carbocycles. The van der Waals surface area contributed by atoms with Crippen LogP contribution in [0.25, 0.3) is 0 Å². The number of nitrogens with zero attached hydrogens (tertiary/aromatic N) is 1. The molecule has 0 aliphatic carbocycles. The van der Waals surface area contributed by atoms with Crippen LogP contribution in [0.1, 0.15) is 31.2 Å². The highest BCUT2D eigenvalue weighted by Gasteiger charge is 2.26. The molecule has 0 aromatic heterocycles. The van der Waals surface area contributed by atoms with Crippen molar-refractivity contribution in [1.82, 2.24) is 9.62 Å². The fourth-order valence-electron chi connectivity index (χ4n) is 3.65. The number of ether oxygens (including phenoxy) is 1. The highest BCUT2D eigenvalue weighted by molar-refractivity contribution is 7.89. The van der Waals surface area contributed by atoms with E-state index in [-0.39, 0.29) is 23.2 Å². The lowest BCUT2D eigenvalue weighted by Crippen LogP contribution is -2.32. The Morgan fingerprint density at radius 1 is 1.06 bits per heavy atom. The van der Waals surface area contributed by atoms with E-state index in [1.165, 1.54) is 35.7 Å². The highest BCUT2D eigenvalue weighted by atomic mass is 32.2. The van der Waals surface area contributed by atoms with Gasteiger partial charge in [0.2, 0.25) is 15.9 Å². The van der Waals surface area contributed by atoms with E-state index in [4.69, 9.17) is 4.74 Å². The molecule has 1 aliphatic rings. The number of carbonyl (C=O) groups excluding carboxylic acids is 1. The summed E-state index contributed by atoms with van der Waals surface area (Å²) in [7, 11) is -2.12. The van der Waals surface area contributed by atoms with Crippen molar-refractivity contribution >= 4 is 21.6 Å². The Balaban J connectivity index is 1.60. The molecule has 9 heteroatoms. The molecule has 2 N–H and O–H groups in total. The first-order valence-electron chi connectivity index (χ1n) is 10.8. The Labute approximate surface area is 189 Å². The van der Waals surface area contributed by atoms with Gasteiger partial charge in [0, 0.05) is 19.6 Å². The van der Waals surface area contributed by atoms with Crippen molar-refractivity contribution in [2.45, 2.75) is 37.0 Å². The van der Waals surface area contributed by atoms with Crippen LogP contribution in [0.2, 0.25) is 0 Å². The lowest BCUT2D eigenvalue weighted by Gasteiger charge is -2.21. The van der Waals surface area contributed by atoms with E-state index in [1.807, 2.05) is 0 Å². The summed E-state index contributed by atoms with van der Waals surface area (Å²) in [5.74, 6) is -0.0788. The van der Waals surface area contributed by atoms with Gasteiger partial charge < -0.3 is 15.4 Å². The lowest BCUT2D eigenvalue weighted by molar-refractivity contribution is -0.119. The summed E-state index contributed by atoms with van der Waals surface area (Å²) in [5.41, 5.74) is 1.37. The van der Waals surface area contributed by atoms with Crippen molar-refractivity contribution in [3.63, 3.8) is 0 Å². The normalized spacial score (nSPS) is 15.1. The first-order valence-corrected chi connectivity index (χ1v) is 12.3. The van der Waals surface area contributed by atoms with Crippen molar-refractivity contribution in [2.24, 2.45) is 0 Å². The molecule has 3 rings (SSSR count). The number of carbonyl (C=O) groups is 1. The molecule has 0 bridgehead atoms. The van der Waals surface area contributed by atoms with Crippen LogP contribution in [0.3, 0.4) is 0 Å². The van der Waals surface area contributed by atoms with Gasteiger partial charge in [0.05, 0.1) is 24.2 Å². The van der Waals surface area contributed by atoms with Gasteiger partial charge in [-0.2, -0.15) is 4.31 Å². The van der Waals surface area contributed by atoms with E-state index < -0.39 is 10.0 Å². The third-order valence-corrected chi connectivity index (χ3v) is 7.36. The van der Waals surface area contributed by atoms with Crippen LogP contribution >= 0.6 is 0 Å². The summed E-state index contributed by atoms with van der Waals surface area (Å²) in [6.45, 7) is 1.42. The number of hydrogen-bond donors (Lipinski definition) is 2. The van der Waals surface area contributed by atoms with Gasteiger partial charge in [0.1, 0.15) is 11.6 Å². The second-order valence-electron chi connectivity index (χ2n) is 7.76. The Bertz CT molecular complexity index is 1000. The molecule has 0 unspecified atom stereocenters. The number of nitrogens with one attached hydrogen (secondary N) is 2. The Hall–Kier alpha value is -2.65. The molecule has 0 radical (unpaired) electrons. The maximum absolute atomic E-state index is 13.1. The number of anilines is 1. The zero-order valence-corrected chi connectivity index (χ0v) is 19.1. The van der Waals surface area contributed by atoms with E-state index in [2.05, 4.69) is 10.6 Å². The minimum absolute atomic E-state index is 0.0347. The zero-order chi connectivity index (χ0) is 23.0. The molecule has 1 fully saturated rings. The molecular weight excluding hydrogens is 433 g/mol. The third kappa shape index (κ3) is 6.43. The summed E-state index contributed by atoms with van der Waals surface area (Å²) in [6, 6.07) is 10.8. The van der Waals surface area contributed by atoms with Gasteiger partial charge in [0.25, 0.3) is 0 Å². The van der Waals surface area contributed by atoms with Gasteiger partial charge in [-0.15, -0.1) is 0 Å². The summed E-state index contributed by atoms with van der Waals surface area (Å²) < 4.78 is 46.0. The quantitative estimate of drug-likeness (QED) is 0.597. The molecule has 2 aromatic carbocycles. The maximum atomic E-state index is 13.1. The number of benzene rings is 2. The Morgan fingerprint density at radius 3 is 2.41 bits per heavy atom. The largest absolute Gasteiger partial charge is 0.495 e. The number of methoxy groups -OCH3 is 1. The fourth-order valence-corrected chi connectivity index (χ4v) is 5.20. The number of rotatable bonds is 9. The first-order chi connectivity index (χ1) is 15.4. The predicted molar refractivity (Wildman–Crippen MR) is 122 cm³/mol. The van der Waals surface area contributed by atoms with Crippen molar-refractivity contribution in [2.75, 3.05) is 38.6 Å². The molecule has 174 valence electrons. The first kappa shape index (κ1) is 24.0. The zero-order valence-electron chi connectivity index (χ0n) is 18.3. The van der Waals surface area contributed by atoms with Crippen LogP contribution in [-0.2, 0) is 21.2 Å². The molecule has 1 amide bonds. The van der Waals surface area contributed by atoms with Gasteiger partial charge in [-0.25, -0.2) is 12.8 Å². The van der Waals surface area contributed by atoms with Crippen molar-refractivity contribution in [3.8, 4) is 5.75 Å². The van der Waals surface area contributed by atoms with E-state index in [1.54, 1.807) is 18.2 Å². The molecule has 0 atom stereocenters. The number of sulfonamides is 1. The van der Waals surface area contributed by atoms with Gasteiger partial charge in [0.15, 0.2) is 0 Å². The van der Waals surface area contributed by atoms with E-state index >= 15 is 0 Å². The minimum atomic E-state index is -3.61. The monoisotopic (exact) mass is 463 g/mol. The highest BCUT2D eigenvalue weighted by Crippen LogP contribution is 2.29. The number of amides is 1. The molecule has 2 aromatic rings. The topological polar surface area (TPSA) is 87.7 Å². The molecule has 1 saturated heterocycles. The molecule has 1 heterocycles. The predicted octanol–water partition coefficient (Wildman–Crippen LogP) is 3.17. The van der Waals surface area contributed by atoms with Crippen LogP contribution in [0.5, 0.6) is 5.75 Å². The SMILES string of the molecule is COc1ccc(S(=O)(=O)N2CCCCCC2)cc1NCC(=O)NCCc1ccc(F)cc1. The Kier molecular flexibility index (Phi) is 8.46. The maximum Gasteiger partial charge on any atom is 0.243 e. The van der Waals surface area contributed by atoms with E-state index in [0.29, 0.717) is 37.5 Å². The summed E-state index contributed by atoms with van der Waals surface area (Å²) in [4.78, 5) is 12.4. The van der Waals surface area contributed by atoms with Crippen molar-refractivity contribution in [3.05, 3.63) is 53.8 Å². The van der Waals surface area contributed by atoms with Crippen LogP contribution in [0, 0.1) is 5.82 Å². The lowest BCUT2D eigenvalue weighted by atomic mass is 10.1. The average molecular weight is 464 g/mol. The van der Waals surface area contributed by atoms with Crippen LogP contribution < -0.4 is 15.4 Å². The fraction of sp³-hybridized carbons (Fsp3) is 0.435. The third-order valence-electron chi connectivity index (χ3n) is 5.46. The standard InChI is InChI=1S/C23H30FN3O4S/c1-31-22-11-10-20(32(29,30)27-14-4-2-3-5-15-27)16-21(22)26-17-23(28)25-13-12-18-6-8-19(24)9-7-18/h6-11,16,26H,2-5,12-15,17H2,1H3,(H,25,28). The van der Waals surface area contributed by atoms with Gasteiger partial charge in [-0.3, -0.25) is 4.79 Å². The number of halogens is 1. The molecule has 7 nitrogen and oxygen atoms in total. The number of hydrogen-bond acceptors (Lipinski definition) is 5. The average Bonchev–Trinajstić information content (AvgIpc) is 3.09. The van der Waals surface area contributed by atoms with Gasteiger partial charge in [-0.1, -0.05) is 25.0 Å². The second-order valence-corrected chi connectivity index (χ2v) is 9.70. The van der Waals surface area contributed by atoms with E-state index in [9.17, 15) is 17.6 Å². The van der Waals surface area contributed by atoms with Crippen LogP contribution in [0.15, 0.2) is 47.4 Å². The summed E-state index contributed by atoms with van der Waals surface area (Å²) in [5, 5.41) is 5.77. The van der Waals surface area contributed by atoms with Gasteiger partial charge >= 0.3 is 0 Å². The van der Waals surface area contributed by atoms with Crippen LogP contribution in [0.4, 0.5) is 10.1 Å². The summed E-state index contributed by atoms with van der Waals surface area (Å²) in [6.07, 6.45) is 4.38. The van der Waals surface area contributed by atoms with E-state index in [0.717, 1.165) is 31.2 Å². The summed E-state index contributed by atoms with van der Waals surface area (Å²) >= 11 is 0. The molecule has 1 aliphatic heterocycles. The molecular formula is C23H30FN3O4S.